The van der Waals surface area contributed by atoms with Gasteiger partial charge in [-0.25, -0.2) is 29.9 Å². The van der Waals surface area contributed by atoms with E-state index in [1.165, 1.54) is 18.7 Å². The van der Waals surface area contributed by atoms with Gasteiger partial charge in [0.1, 0.15) is 29.3 Å². The lowest BCUT2D eigenvalue weighted by Crippen LogP contribution is -2.43. The maximum absolute atomic E-state index is 12.1. The van der Waals surface area contributed by atoms with Gasteiger partial charge in [-0.15, -0.1) is 0 Å². The molecule has 0 bridgehead atoms. The molecule has 3 amide bonds. The Morgan fingerprint density at radius 1 is 0.561 bits per heavy atom. The van der Waals surface area contributed by atoms with Gasteiger partial charge in [0.15, 0.2) is 67.4 Å². The molecule has 15 rings (SSSR count). The zero-order valence-electron chi connectivity index (χ0n) is 53.4. The third-order valence-corrected chi connectivity index (χ3v) is 23.8. The molecule has 6 aliphatic heterocycles. The molecule has 0 aliphatic carbocycles. The smallest absolute Gasteiger partial charge is 0.251 e. The molecule has 8 N–H and O–H groups in total. The van der Waals surface area contributed by atoms with E-state index in [1.807, 2.05) is 53.4 Å². The predicted molar refractivity (Wildman–Crippen MR) is 378 cm³/mol. The number of nitrogens with zero attached hydrogens (tertiary/aromatic N) is 12. The van der Waals surface area contributed by atoms with Gasteiger partial charge in [0.05, 0.1) is 21.6 Å². The number of benzene rings is 3. The monoisotopic (exact) mass is 1540 g/mol. The van der Waals surface area contributed by atoms with Gasteiger partial charge in [0.25, 0.3) is 5.91 Å². The fraction of sp³-hybridized carbons (Fsp3) is 0.409. The van der Waals surface area contributed by atoms with Crippen LogP contribution in [0.1, 0.15) is 64.7 Å². The maximum Gasteiger partial charge on any atom is 0.251 e. The van der Waals surface area contributed by atoms with Crippen LogP contribution in [0.2, 0.25) is 5.02 Å². The number of pyridine rings is 3. The van der Waals surface area contributed by atoms with Crippen LogP contribution in [0.5, 0.6) is 34.5 Å². The van der Waals surface area contributed by atoms with Crippen molar-refractivity contribution in [3.63, 3.8) is 0 Å². The van der Waals surface area contributed by atoms with Crippen molar-refractivity contribution in [1.82, 2.24) is 58.3 Å². The van der Waals surface area contributed by atoms with E-state index in [1.54, 1.807) is 58.0 Å². The topological polar surface area (TPSA) is 327 Å². The van der Waals surface area contributed by atoms with E-state index < -0.39 is 12.7 Å². The molecule has 0 radical (unpaired) electrons. The number of fused-ring (bicyclic) bond motifs is 6. The highest BCUT2D eigenvalue weighted by atomic mass is 79.9. The molecule has 1 atom stereocenters. The molecular formula is C66H72Br2ClN15O11S3. The predicted octanol–water partition coefficient (Wildman–Crippen LogP) is 10.7. The number of amides is 3. The van der Waals surface area contributed by atoms with Crippen LogP contribution in [-0.4, -0.2) is 159 Å². The summed E-state index contributed by atoms with van der Waals surface area (Å²) in [4.78, 5) is 69.9. The van der Waals surface area contributed by atoms with Crippen molar-refractivity contribution in [1.29, 1.82) is 0 Å². The van der Waals surface area contributed by atoms with Gasteiger partial charge in [-0.3, -0.25) is 14.4 Å². The summed E-state index contributed by atoms with van der Waals surface area (Å²) in [6, 6.07) is 17.2. The lowest BCUT2D eigenvalue weighted by molar-refractivity contribution is -0.140. The first-order chi connectivity index (χ1) is 47.5. The van der Waals surface area contributed by atoms with Crippen LogP contribution in [0, 0.1) is 17.8 Å². The van der Waals surface area contributed by atoms with Crippen molar-refractivity contribution in [2.75, 3.05) is 83.5 Å². The number of ether oxygens (including phenoxy) is 6. The van der Waals surface area contributed by atoms with E-state index >= 15 is 0 Å². The average Bonchev–Trinajstić information content (AvgIpc) is 1.64. The lowest BCUT2D eigenvalue weighted by Gasteiger charge is -2.32. The molecule has 0 spiro atoms. The zero-order valence-corrected chi connectivity index (χ0v) is 59.8. The number of hydrogen-bond acceptors (Lipinski definition) is 23. The number of aliphatic hydroxyl groups is 2. The molecule has 12 heterocycles. The molecule has 3 fully saturated rings. The highest BCUT2D eigenvalue weighted by Crippen LogP contribution is 2.47. The summed E-state index contributed by atoms with van der Waals surface area (Å²) >= 11 is 18.3. The van der Waals surface area contributed by atoms with E-state index in [0.29, 0.717) is 106 Å². The van der Waals surface area contributed by atoms with Gasteiger partial charge in [0, 0.05) is 107 Å². The third-order valence-electron chi connectivity index (χ3n) is 18.3. The number of piperidine rings is 3. The van der Waals surface area contributed by atoms with Gasteiger partial charge in [-0.2, -0.15) is 0 Å². The van der Waals surface area contributed by atoms with Crippen LogP contribution in [-0.2, 0) is 34.0 Å². The zero-order chi connectivity index (χ0) is 68.1. The van der Waals surface area contributed by atoms with Crippen LogP contribution in [0.25, 0.3) is 33.1 Å². The van der Waals surface area contributed by atoms with Crippen LogP contribution in [0.15, 0.2) is 112 Å². The van der Waals surface area contributed by atoms with Crippen LogP contribution < -0.4 is 45.6 Å². The molecule has 32 heteroatoms. The van der Waals surface area contributed by atoms with Crippen molar-refractivity contribution in [3.8, 4) is 34.5 Å². The summed E-state index contributed by atoms with van der Waals surface area (Å²) in [7, 11) is 0. The minimum Gasteiger partial charge on any atom is -0.454 e. The minimum absolute atomic E-state index is 0.185. The number of carbonyl (C=O) groups excluding carboxylic acids is 3. The lowest BCUT2D eigenvalue weighted by atomic mass is 9.93. The summed E-state index contributed by atoms with van der Waals surface area (Å²) in [5.41, 5.74) is 23.3. The largest absolute Gasteiger partial charge is 0.454 e. The summed E-state index contributed by atoms with van der Waals surface area (Å²) in [5, 5.41) is 21.7. The molecule has 0 unspecified atom stereocenters. The SMILES string of the molecule is C[C@@H](O)C(=O)N1CCC(CCn2c(Sc3cc4c(cc3Br)OCO4)nc3c(N)nccc32)CC1.Nc1nccc2c1nc(Sc1cc3c(cc1Br)OCO3)n2CCC1CCN(C(=O)CO)CC1.Nc1nccc2c1nc(Sc1cc3c(cc1Cl)OCO3)n2CCC1CCN(C=O)CC1. The van der Waals surface area contributed by atoms with E-state index in [4.69, 9.17) is 77.3 Å². The number of aromatic nitrogens is 9. The van der Waals surface area contributed by atoms with Crippen LogP contribution >= 0.6 is 78.7 Å². The molecule has 98 heavy (non-hydrogen) atoms. The van der Waals surface area contributed by atoms with E-state index in [2.05, 4.69) is 60.5 Å². The van der Waals surface area contributed by atoms with Crippen molar-refractivity contribution in [2.45, 2.75) is 121 Å². The van der Waals surface area contributed by atoms with Gasteiger partial charge >= 0.3 is 0 Å². The number of likely N-dealkylation sites (tertiary alicyclic amines) is 3. The second-order valence-corrected chi connectivity index (χ2v) is 29.6. The Balaban J connectivity index is 0.000000132. The van der Waals surface area contributed by atoms with Crippen molar-refractivity contribution in [3.05, 3.63) is 87.2 Å². The van der Waals surface area contributed by atoms with Crippen molar-refractivity contribution in [2.24, 2.45) is 17.8 Å². The Labute approximate surface area is 598 Å². The normalized spacial score (nSPS) is 16.4. The Kier molecular flexibility index (Phi) is 21.7. The number of anilines is 3. The quantitative estimate of drug-likeness (QED) is 0.0498. The van der Waals surface area contributed by atoms with Gasteiger partial charge in [-0.05, 0) is 175 Å². The molecule has 26 nitrogen and oxygen atoms in total. The average molecular weight is 1540 g/mol. The first-order valence-electron chi connectivity index (χ1n) is 32.2. The molecule has 3 saturated heterocycles. The number of halogens is 3. The third kappa shape index (κ3) is 15.4. The maximum atomic E-state index is 12.1. The van der Waals surface area contributed by atoms with E-state index in [0.717, 1.165) is 164 Å². The number of carbonyl (C=O) groups is 3. The Morgan fingerprint density at radius 3 is 1.29 bits per heavy atom. The highest BCUT2D eigenvalue weighted by Gasteiger charge is 2.30. The van der Waals surface area contributed by atoms with Gasteiger partial charge in [0.2, 0.25) is 32.7 Å². The van der Waals surface area contributed by atoms with E-state index in [-0.39, 0.29) is 32.2 Å². The first-order valence-corrected chi connectivity index (χ1v) is 36.7. The fourth-order valence-corrected chi connectivity index (χ4v) is 17.1. The summed E-state index contributed by atoms with van der Waals surface area (Å²) in [6.07, 6.45) is 13.8. The van der Waals surface area contributed by atoms with Crippen molar-refractivity contribution >= 4 is 148 Å². The molecular weight excluding hydrogens is 1470 g/mol. The second-order valence-electron chi connectivity index (χ2n) is 24.4. The summed E-state index contributed by atoms with van der Waals surface area (Å²) in [6.45, 7) is 8.50. The minimum atomic E-state index is -0.942. The first kappa shape index (κ1) is 68.9. The van der Waals surface area contributed by atoms with Crippen LogP contribution in [0.3, 0.4) is 0 Å². The molecule has 3 aromatic carbocycles. The van der Waals surface area contributed by atoms with Gasteiger partial charge in [-0.1, -0.05) is 35.1 Å². The number of aryl methyl sites for hydroxylation is 3. The standard InChI is InChI=1S/C23H26BrN5O4S.C22H24BrN5O4S.C21H22ClN5O3S/c1-13(30)22(31)28-7-3-14(4-8-28)5-9-29-16-2-6-26-21(25)20(16)27-23(29)34-19-11-18-17(10-15(19)24)32-12-33-18;23-14-9-16-17(32-12-31-16)10-18(14)33-22-26-20-15(1-5-25-21(20)24)28(22)8-4-13-2-6-27(7-3-13)19(30)11-29;22-14-9-16-17(30-12-29-16)10-18(14)31-21-25-19-15(1-5-24-20(19)23)27(21)8-4-13-2-6-26(11-28)7-3-13/h2,6,10-11,13-14,30H,3-5,7-9,12H2,1H3,(H2,25,26);1,5,9-10,13,29H,2-4,6-8,11-12H2,(H2,24,25);1,5,9-11,13H,2-4,6-8,12H2,(H2,23,24)/t13-;;/m1../s1. The Morgan fingerprint density at radius 2 is 0.908 bits per heavy atom. The molecule has 9 aromatic rings. The molecule has 6 aromatic heterocycles. The Hall–Kier alpha value is -7.65. The number of imidazole rings is 3. The van der Waals surface area contributed by atoms with Crippen molar-refractivity contribution < 1.29 is 53.0 Å². The number of nitrogens with two attached hydrogens (primary N) is 3. The summed E-state index contributed by atoms with van der Waals surface area (Å²) < 4.78 is 41.3. The van der Waals surface area contributed by atoms with E-state index in [9.17, 15) is 19.5 Å². The molecule has 6 aliphatic rings. The summed E-state index contributed by atoms with van der Waals surface area (Å²) in [5.74, 6) is 6.62. The number of rotatable bonds is 18. The Bertz CT molecular complexity index is 4430. The number of hydrogen-bond donors (Lipinski definition) is 5. The highest BCUT2D eigenvalue weighted by molar-refractivity contribution is 9.10. The number of aliphatic hydroxyl groups excluding tert-OH is 2. The van der Waals surface area contributed by atoms with Crippen LogP contribution in [0.4, 0.5) is 17.5 Å². The number of nitrogen functional groups attached to an aromatic ring is 3. The fourth-order valence-electron chi connectivity index (χ4n) is 12.8. The molecule has 0 saturated carbocycles. The second kappa shape index (κ2) is 30.9. The molecule has 516 valence electrons. The van der Waals surface area contributed by atoms with Gasteiger partial charge < -0.3 is 84.2 Å².